The van der Waals surface area contributed by atoms with Crippen molar-refractivity contribution < 1.29 is 13.5 Å². The van der Waals surface area contributed by atoms with Gasteiger partial charge in [-0.05, 0) is 55.9 Å². The fraction of sp³-hybridized carbons (Fsp3) is 0.571. The van der Waals surface area contributed by atoms with Crippen LogP contribution in [0, 0.1) is 19.8 Å². The van der Waals surface area contributed by atoms with Crippen LogP contribution in [0.4, 0.5) is 5.69 Å². The molecule has 20 heavy (non-hydrogen) atoms. The third-order valence-corrected chi connectivity index (χ3v) is 6.32. The van der Waals surface area contributed by atoms with Crippen molar-refractivity contribution >= 4 is 15.7 Å². The minimum Gasteiger partial charge on any atom is -0.398 e. The highest BCUT2D eigenvalue weighted by Crippen LogP contribution is 2.46. The standard InChI is InChI=1S/C14H20N2O3S/c1-9-5-12(15)10(2)13(6-9)20(18,19)16-7-14(17,8-16)11-3-4-11/h5-6,11,17H,3-4,7-8,15H2,1-2H3. The summed E-state index contributed by atoms with van der Waals surface area (Å²) in [6, 6.07) is 3.42. The van der Waals surface area contributed by atoms with E-state index < -0.39 is 15.6 Å². The van der Waals surface area contributed by atoms with Gasteiger partial charge in [0.1, 0.15) is 0 Å². The lowest BCUT2D eigenvalue weighted by Gasteiger charge is -2.46. The van der Waals surface area contributed by atoms with Crippen LogP contribution in [0.25, 0.3) is 0 Å². The van der Waals surface area contributed by atoms with Gasteiger partial charge in [-0.3, -0.25) is 0 Å². The minimum atomic E-state index is -3.56. The quantitative estimate of drug-likeness (QED) is 0.816. The van der Waals surface area contributed by atoms with Crippen LogP contribution < -0.4 is 5.73 Å². The Morgan fingerprint density at radius 1 is 1.30 bits per heavy atom. The molecule has 3 N–H and O–H groups in total. The first-order valence-corrected chi connectivity index (χ1v) is 8.27. The molecule has 1 aliphatic heterocycles. The van der Waals surface area contributed by atoms with E-state index >= 15 is 0 Å². The van der Waals surface area contributed by atoms with Crippen molar-refractivity contribution in [1.29, 1.82) is 0 Å². The highest BCUT2D eigenvalue weighted by Gasteiger charge is 2.55. The smallest absolute Gasteiger partial charge is 0.243 e. The zero-order chi connectivity index (χ0) is 14.7. The van der Waals surface area contributed by atoms with Gasteiger partial charge in [0.25, 0.3) is 0 Å². The van der Waals surface area contributed by atoms with Crippen molar-refractivity contribution in [2.45, 2.75) is 37.2 Å². The van der Waals surface area contributed by atoms with Gasteiger partial charge >= 0.3 is 0 Å². The molecule has 110 valence electrons. The number of nitrogens with two attached hydrogens (primary N) is 1. The molecule has 1 aromatic rings. The Kier molecular flexibility index (Phi) is 2.90. The van der Waals surface area contributed by atoms with E-state index in [9.17, 15) is 13.5 Å². The topological polar surface area (TPSA) is 83.6 Å². The molecule has 0 atom stereocenters. The van der Waals surface area contributed by atoms with Crippen molar-refractivity contribution in [3.8, 4) is 0 Å². The molecular weight excluding hydrogens is 276 g/mol. The van der Waals surface area contributed by atoms with Crippen molar-refractivity contribution in [3.05, 3.63) is 23.3 Å². The first-order valence-electron chi connectivity index (χ1n) is 6.83. The van der Waals surface area contributed by atoms with E-state index in [0.717, 1.165) is 18.4 Å². The minimum absolute atomic E-state index is 0.202. The Labute approximate surface area is 119 Å². The third-order valence-electron chi connectivity index (χ3n) is 4.40. The molecule has 1 heterocycles. The number of aliphatic hydroxyl groups is 1. The average Bonchev–Trinajstić information content (AvgIpc) is 3.13. The number of hydrogen-bond acceptors (Lipinski definition) is 4. The van der Waals surface area contributed by atoms with Gasteiger partial charge in [-0.2, -0.15) is 4.31 Å². The second kappa shape index (κ2) is 4.19. The monoisotopic (exact) mass is 296 g/mol. The lowest BCUT2D eigenvalue weighted by Crippen LogP contribution is -2.64. The predicted octanol–water partition coefficient (Wildman–Crippen LogP) is 1.03. The molecule has 2 aliphatic rings. The van der Waals surface area contributed by atoms with Gasteiger partial charge in [0.2, 0.25) is 10.0 Å². The molecule has 1 aliphatic carbocycles. The first-order chi connectivity index (χ1) is 9.24. The van der Waals surface area contributed by atoms with Crippen LogP contribution in [0.5, 0.6) is 0 Å². The Morgan fingerprint density at radius 3 is 2.45 bits per heavy atom. The molecule has 0 bridgehead atoms. The number of rotatable bonds is 3. The number of nitrogens with zero attached hydrogens (tertiary/aromatic N) is 1. The first kappa shape index (κ1) is 13.9. The fourth-order valence-corrected chi connectivity index (χ4v) is 4.78. The summed E-state index contributed by atoms with van der Waals surface area (Å²) in [6.45, 7) is 3.95. The Hall–Kier alpha value is -1.11. The third kappa shape index (κ3) is 2.03. The highest BCUT2D eigenvalue weighted by atomic mass is 32.2. The molecule has 0 amide bonds. The van der Waals surface area contributed by atoms with Gasteiger partial charge < -0.3 is 10.8 Å². The second-order valence-electron chi connectivity index (χ2n) is 6.13. The normalized spacial score (nSPS) is 22.6. The maximum atomic E-state index is 12.6. The van der Waals surface area contributed by atoms with E-state index in [2.05, 4.69) is 0 Å². The van der Waals surface area contributed by atoms with E-state index in [1.165, 1.54) is 4.31 Å². The molecule has 1 saturated carbocycles. The molecule has 1 saturated heterocycles. The van der Waals surface area contributed by atoms with Crippen LogP contribution >= 0.6 is 0 Å². The van der Waals surface area contributed by atoms with E-state index in [0.29, 0.717) is 11.3 Å². The summed E-state index contributed by atoms with van der Waals surface area (Å²) in [5, 5.41) is 10.3. The van der Waals surface area contributed by atoms with Crippen molar-refractivity contribution in [3.63, 3.8) is 0 Å². The zero-order valence-corrected chi connectivity index (χ0v) is 12.6. The number of β-amino-alcohol motifs (C(OH)–C–C–N with tert-alkyl or cyclic N) is 1. The van der Waals surface area contributed by atoms with Gasteiger partial charge in [0.05, 0.1) is 10.5 Å². The largest absolute Gasteiger partial charge is 0.398 e. The lowest BCUT2D eigenvalue weighted by atomic mass is 9.91. The molecular formula is C14H20N2O3S. The Morgan fingerprint density at radius 2 is 1.90 bits per heavy atom. The van der Waals surface area contributed by atoms with E-state index in [4.69, 9.17) is 5.73 Å². The summed E-state index contributed by atoms with van der Waals surface area (Å²) in [5.74, 6) is 0.276. The van der Waals surface area contributed by atoms with Gasteiger partial charge in [0.15, 0.2) is 0 Å². The molecule has 0 spiro atoms. The molecule has 2 fully saturated rings. The van der Waals surface area contributed by atoms with Gasteiger partial charge in [-0.15, -0.1) is 0 Å². The number of anilines is 1. The number of aryl methyl sites for hydroxylation is 1. The van der Waals surface area contributed by atoms with Crippen LogP contribution in [0.1, 0.15) is 24.0 Å². The average molecular weight is 296 g/mol. The van der Waals surface area contributed by atoms with Crippen molar-refractivity contribution in [2.75, 3.05) is 18.8 Å². The SMILES string of the molecule is Cc1cc(N)c(C)c(S(=O)(=O)N2CC(O)(C3CC3)C2)c1. The van der Waals surface area contributed by atoms with E-state index in [-0.39, 0.29) is 23.9 Å². The summed E-state index contributed by atoms with van der Waals surface area (Å²) in [7, 11) is -3.56. The molecule has 0 aromatic heterocycles. The maximum Gasteiger partial charge on any atom is 0.243 e. The number of benzene rings is 1. The van der Waals surface area contributed by atoms with Gasteiger partial charge in [-0.25, -0.2) is 8.42 Å². The summed E-state index contributed by atoms with van der Waals surface area (Å²) >= 11 is 0. The van der Waals surface area contributed by atoms with E-state index in [1.807, 2.05) is 6.92 Å². The summed E-state index contributed by atoms with van der Waals surface area (Å²) < 4.78 is 26.6. The molecule has 6 heteroatoms. The van der Waals surface area contributed by atoms with Crippen LogP contribution in [0.3, 0.4) is 0 Å². The summed E-state index contributed by atoms with van der Waals surface area (Å²) in [4.78, 5) is 0.257. The molecule has 0 radical (unpaired) electrons. The predicted molar refractivity (Wildman–Crippen MR) is 76.8 cm³/mol. The van der Waals surface area contributed by atoms with Crippen LogP contribution in [0.2, 0.25) is 0 Å². The number of hydrogen-bond donors (Lipinski definition) is 2. The van der Waals surface area contributed by atoms with Crippen LogP contribution in [-0.4, -0.2) is 36.5 Å². The molecule has 1 aromatic carbocycles. The number of nitrogen functional groups attached to an aromatic ring is 1. The maximum absolute atomic E-state index is 12.6. The van der Waals surface area contributed by atoms with Gasteiger partial charge in [0, 0.05) is 18.8 Å². The second-order valence-corrected chi connectivity index (χ2v) is 8.03. The van der Waals surface area contributed by atoms with E-state index in [1.54, 1.807) is 19.1 Å². The lowest BCUT2D eigenvalue weighted by molar-refractivity contribution is -0.0764. The van der Waals surface area contributed by atoms with Gasteiger partial charge in [-0.1, -0.05) is 0 Å². The van der Waals surface area contributed by atoms with Crippen molar-refractivity contribution in [1.82, 2.24) is 4.31 Å². The van der Waals surface area contributed by atoms with Crippen molar-refractivity contribution in [2.24, 2.45) is 5.92 Å². The molecule has 0 unspecified atom stereocenters. The molecule has 3 rings (SSSR count). The fourth-order valence-electron chi connectivity index (χ4n) is 2.87. The summed E-state index contributed by atoms with van der Waals surface area (Å²) in [5.41, 5.74) is 6.94. The van der Waals surface area contributed by atoms with Crippen LogP contribution in [0.15, 0.2) is 17.0 Å². The van der Waals surface area contributed by atoms with Crippen LogP contribution in [-0.2, 0) is 10.0 Å². The summed E-state index contributed by atoms with van der Waals surface area (Å²) in [6.07, 6.45) is 2.00. The highest BCUT2D eigenvalue weighted by molar-refractivity contribution is 7.89. The zero-order valence-electron chi connectivity index (χ0n) is 11.8. The Balaban J connectivity index is 1.90. The Bertz CT molecular complexity index is 659. The number of sulfonamides is 1. The molecule has 5 nitrogen and oxygen atoms in total.